The number of hydrogen-bond acceptors (Lipinski definition) is 5. The van der Waals surface area contributed by atoms with Crippen LogP contribution in [0.4, 0.5) is 5.69 Å². The van der Waals surface area contributed by atoms with Crippen molar-refractivity contribution in [1.29, 1.82) is 0 Å². The molecule has 3 aromatic rings. The Morgan fingerprint density at radius 3 is 2.50 bits per heavy atom. The highest BCUT2D eigenvalue weighted by Crippen LogP contribution is 2.44. The summed E-state index contributed by atoms with van der Waals surface area (Å²) in [6, 6.07) is 16.4. The topological polar surface area (TPSA) is 79.5 Å². The Balaban J connectivity index is 1.81. The second-order valence-corrected chi connectivity index (χ2v) is 6.82. The molecule has 132 valence electrons. The van der Waals surface area contributed by atoms with Crippen LogP contribution in [-0.2, 0) is 10.4 Å². The molecule has 2 aromatic carbocycles. The molecule has 0 saturated carbocycles. The number of rotatable bonds is 4. The van der Waals surface area contributed by atoms with Crippen LogP contribution in [0.5, 0.6) is 0 Å². The maximum atomic E-state index is 13.1. The average Bonchev–Trinajstić information content (AvgIpc) is 3.22. The first kappa shape index (κ1) is 16.5. The first-order valence-corrected chi connectivity index (χ1v) is 8.55. The van der Waals surface area contributed by atoms with Gasteiger partial charge in [0.05, 0.1) is 5.69 Å². The Hall–Kier alpha value is -2.99. The van der Waals surface area contributed by atoms with E-state index >= 15 is 0 Å². The number of amides is 1. The summed E-state index contributed by atoms with van der Waals surface area (Å²) in [5, 5.41) is 19.4. The molecule has 0 spiro atoms. The monoisotopic (exact) mass is 349 g/mol. The number of aromatic nitrogens is 2. The lowest BCUT2D eigenvalue weighted by Crippen LogP contribution is -2.42. The van der Waals surface area contributed by atoms with Crippen molar-refractivity contribution in [2.24, 2.45) is 5.92 Å². The zero-order valence-corrected chi connectivity index (χ0v) is 14.6. The Bertz CT molecular complexity index is 952. The van der Waals surface area contributed by atoms with Crippen LogP contribution in [0.25, 0.3) is 11.5 Å². The van der Waals surface area contributed by atoms with Gasteiger partial charge in [0.15, 0.2) is 0 Å². The van der Waals surface area contributed by atoms with E-state index in [1.165, 1.54) is 0 Å². The van der Waals surface area contributed by atoms with Gasteiger partial charge in [-0.15, -0.1) is 10.2 Å². The molecule has 2 heterocycles. The minimum Gasteiger partial charge on any atom is -0.417 e. The van der Waals surface area contributed by atoms with Crippen molar-refractivity contribution in [2.75, 3.05) is 11.4 Å². The number of anilines is 1. The Morgan fingerprint density at radius 1 is 1.08 bits per heavy atom. The van der Waals surface area contributed by atoms with E-state index < -0.39 is 11.5 Å². The Kier molecular flexibility index (Phi) is 3.85. The molecule has 6 heteroatoms. The van der Waals surface area contributed by atoms with Crippen LogP contribution in [0, 0.1) is 5.92 Å². The van der Waals surface area contributed by atoms with E-state index in [4.69, 9.17) is 4.42 Å². The van der Waals surface area contributed by atoms with Crippen molar-refractivity contribution in [3.63, 3.8) is 0 Å². The minimum atomic E-state index is -1.97. The lowest BCUT2D eigenvalue weighted by atomic mass is 9.95. The third kappa shape index (κ3) is 2.42. The average molecular weight is 349 g/mol. The third-order valence-corrected chi connectivity index (χ3v) is 4.44. The number of nitrogens with zero attached hydrogens (tertiary/aromatic N) is 3. The molecule has 0 bridgehead atoms. The van der Waals surface area contributed by atoms with Gasteiger partial charge in [-0.05, 0) is 24.1 Å². The van der Waals surface area contributed by atoms with E-state index in [-0.39, 0.29) is 17.7 Å². The number of benzene rings is 2. The summed E-state index contributed by atoms with van der Waals surface area (Å²) in [5.41, 5.74) is -0.0967. The van der Waals surface area contributed by atoms with E-state index in [1.807, 2.05) is 56.3 Å². The second kappa shape index (κ2) is 6.07. The summed E-state index contributed by atoms with van der Waals surface area (Å²) in [4.78, 5) is 14.7. The number of aliphatic hydroxyl groups is 1. The van der Waals surface area contributed by atoms with E-state index in [0.717, 1.165) is 5.56 Å². The Morgan fingerprint density at radius 2 is 1.77 bits per heavy atom. The highest BCUT2D eigenvalue weighted by atomic mass is 16.4. The lowest BCUT2D eigenvalue weighted by molar-refractivity contribution is -0.134. The molecule has 4 rings (SSSR count). The standard InChI is InChI=1S/C20H19N3O3/c1-13(2)12-23-16-11-7-6-10-15(16)20(25,19(23)24)18-22-21-17(26-18)14-8-4-3-5-9-14/h3-11,13,25H,12H2,1-2H3/t20-/m1/s1. The molecular formula is C20H19N3O3. The molecule has 26 heavy (non-hydrogen) atoms. The lowest BCUT2D eigenvalue weighted by Gasteiger charge is -2.21. The molecule has 1 aromatic heterocycles. The number of carbonyl (C=O) groups is 1. The molecule has 1 aliphatic heterocycles. The summed E-state index contributed by atoms with van der Waals surface area (Å²) in [6.07, 6.45) is 0. The Labute approximate surface area is 151 Å². The van der Waals surface area contributed by atoms with Crippen LogP contribution in [0.3, 0.4) is 0 Å². The predicted octanol–water partition coefficient (Wildman–Crippen LogP) is 2.98. The van der Waals surface area contributed by atoms with Gasteiger partial charge in [0.25, 0.3) is 11.8 Å². The minimum absolute atomic E-state index is 0.111. The molecule has 0 radical (unpaired) electrons. The number of para-hydroxylation sites is 1. The van der Waals surface area contributed by atoms with Gasteiger partial charge in [0.1, 0.15) is 0 Å². The number of fused-ring (bicyclic) bond motifs is 1. The quantitative estimate of drug-likeness (QED) is 0.783. The summed E-state index contributed by atoms with van der Waals surface area (Å²) in [5.74, 6) is -0.0609. The van der Waals surface area contributed by atoms with Crippen molar-refractivity contribution < 1.29 is 14.3 Å². The van der Waals surface area contributed by atoms with E-state index in [0.29, 0.717) is 17.8 Å². The van der Waals surface area contributed by atoms with Gasteiger partial charge in [-0.2, -0.15) is 0 Å². The smallest absolute Gasteiger partial charge is 0.273 e. The van der Waals surface area contributed by atoms with Crippen LogP contribution in [0.2, 0.25) is 0 Å². The van der Waals surface area contributed by atoms with Crippen LogP contribution < -0.4 is 4.90 Å². The summed E-state index contributed by atoms with van der Waals surface area (Å²) in [7, 11) is 0. The molecule has 1 amide bonds. The molecule has 1 atom stereocenters. The molecule has 0 unspecified atom stereocenters. The van der Waals surface area contributed by atoms with Gasteiger partial charge in [-0.1, -0.05) is 50.2 Å². The molecule has 1 aliphatic rings. The van der Waals surface area contributed by atoms with Gasteiger partial charge in [0, 0.05) is 17.7 Å². The van der Waals surface area contributed by atoms with Gasteiger partial charge in [0.2, 0.25) is 11.5 Å². The third-order valence-electron chi connectivity index (χ3n) is 4.44. The van der Waals surface area contributed by atoms with Crippen molar-refractivity contribution in [3.8, 4) is 11.5 Å². The van der Waals surface area contributed by atoms with Gasteiger partial charge in [-0.25, -0.2) is 0 Å². The highest BCUT2D eigenvalue weighted by Gasteiger charge is 2.55. The normalized spacial score (nSPS) is 19.2. The van der Waals surface area contributed by atoms with Gasteiger partial charge < -0.3 is 14.4 Å². The molecule has 0 aliphatic carbocycles. The van der Waals surface area contributed by atoms with Gasteiger partial charge >= 0.3 is 0 Å². The molecular weight excluding hydrogens is 330 g/mol. The highest BCUT2D eigenvalue weighted by molar-refractivity contribution is 6.08. The predicted molar refractivity (Wildman–Crippen MR) is 96.4 cm³/mol. The van der Waals surface area contributed by atoms with E-state index in [2.05, 4.69) is 10.2 Å². The maximum Gasteiger partial charge on any atom is 0.273 e. The number of carbonyl (C=O) groups excluding carboxylic acids is 1. The molecule has 0 fully saturated rings. The number of hydrogen-bond donors (Lipinski definition) is 1. The van der Waals surface area contributed by atoms with Crippen molar-refractivity contribution in [2.45, 2.75) is 19.4 Å². The summed E-state index contributed by atoms with van der Waals surface area (Å²) in [6.45, 7) is 4.54. The fraction of sp³-hybridized carbons (Fsp3) is 0.250. The fourth-order valence-electron chi connectivity index (χ4n) is 3.25. The molecule has 6 nitrogen and oxygen atoms in total. The van der Waals surface area contributed by atoms with Crippen LogP contribution in [0.15, 0.2) is 59.0 Å². The first-order valence-electron chi connectivity index (χ1n) is 8.55. The fourth-order valence-corrected chi connectivity index (χ4v) is 3.25. The van der Waals surface area contributed by atoms with Crippen LogP contribution in [0.1, 0.15) is 25.3 Å². The summed E-state index contributed by atoms with van der Waals surface area (Å²) >= 11 is 0. The van der Waals surface area contributed by atoms with Crippen molar-refractivity contribution in [3.05, 3.63) is 66.1 Å². The molecule has 1 N–H and O–H groups in total. The van der Waals surface area contributed by atoms with Crippen molar-refractivity contribution >= 4 is 11.6 Å². The van der Waals surface area contributed by atoms with E-state index in [1.54, 1.807) is 17.0 Å². The summed E-state index contributed by atoms with van der Waals surface area (Å²) < 4.78 is 5.72. The SMILES string of the molecule is CC(C)CN1C(=O)[C@](O)(c2nnc(-c3ccccc3)o2)c2ccccc21. The van der Waals surface area contributed by atoms with Crippen molar-refractivity contribution in [1.82, 2.24) is 10.2 Å². The molecule has 0 saturated heterocycles. The first-order chi connectivity index (χ1) is 12.5. The van der Waals surface area contributed by atoms with Gasteiger partial charge in [-0.3, -0.25) is 4.79 Å². The van der Waals surface area contributed by atoms with Crippen LogP contribution in [-0.4, -0.2) is 27.8 Å². The largest absolute Gasteiger partial charge is 0.417 e. The maximum absolute atomic E-state index is 13.1. The van der Waals surface area contributed by atoms with E-state index in [9.17, 15) is 9.90 Å². The van der Waals surface area contributed by atoms with Crippen LogP contribution >= 0.6 is 0 Å². The zero-order chi connectivity index (χ0) is 18.3. The second-order valence-electron chi connectivity index (χ2n) is 6.82. The zero-order valence-electron chi connectivity index (χ0n) is 14.6.